The first-order chi connectivity index (χ1) is 17.9. The fourth-order valence-electron chi connectivity index (χ4n) is 5.17. The van der Waals surface area contributed by atoms with Crippen LogP contribution in [0.5, 0.6) is 0 Å². The lowest BCUT2D eigenvalue weighted by molar-refractivity contribution is -0.140. The van der Waals surface area contributed by atoms with E-state index in [0.29, 0.717) is 31.1 Å². The molecule has 2 saturated heterocycles. The number of piperidine rings is 1. The van der Waals surface area contributed by atoms with E-state index in [1.165, 1.54) is 0 Å². The van der Waals surface area contributed by atoms with Crippen molar-refractivity contribution in [2.75, 3.05) is 0 Å². The summed E-state index contributed by atoms with van der Waals surface area (Å²) in [5, 5.41) is 18.5. The van der Waals surface area contributed by atoms with E-state index >= 15 is 0 Å². The van der Waals surface area contributed by atoms with E-state index in [1.54, 1.807) is 6.92 Å². The van der Waals surface area contributed by atoms with E-state index in [0.717, 1.165) is 31.7 Å². The zero-order valence-electron chi connectivity index (χ0n) is 20.9. The van der Waals surface area contributed by atoms with Gasteiger partial charge in [0.1, 0.15) is 11.9 Å². The molecule has 5 N–H and O–H groups in total. The van der Waals surface area contributed by atoms with Crippen molar-refractivity contribution < 1.29 is 42.6 Å². The van der Waals surface area contributed by atoms with Crippen LogP contribution in [0.25, 0.3) is 0 Å². The third-order valence-electron chi connectivity index (χ3n) is 7.22. The van der Waals surface area contributed by atoms with Crippen molar-refractivity contribution >= 4 is 23.8 Å². The summed E-state index contributed by atoms with van der Waals surface area (Å²) in [6.07, 6.45) is 6.15. The van der Waals surface area contributed by atoms with Gasteiger partial charge < -0.3 is 26.2 Å². The standard InChI is InChI=1S/C22H28F3N3O2.C4H4O4/c1-11(27-21(29)12-2-3-12)22(30)28-15-4-5-16(28)7-14(6-15)20(26)9-13-8-18(24)19(25)10-17(13)23;5-3(6)1-2-4(7)8/h8,10-12,14-16,20H,2-7,9,26H2,1H3,(H,27,29);1-2H,(H,5,6)(H,7,8)/b;2-1-/t11?,14?,15-,16?,20-;/m1./s1. The molecular formula is C26H32F3N3O6. The summed E-state index contributed by atoms with van der Waals surface area (Å²) in [6, 6.07) is 0.561. The van der Waals surface area contributed by atoms with E-state index in [1.807, 2.05) is 4.90 Å². The van der Waals surface area contributed by atoms with Crippen LogP contribution in [0, 0.1) is 29.3 Å². The van der Waals surface area contributed by atoms with Crippen molar-refractivity contribution in [1.29, 1.82) is 0 Å². The average molecular weight is 540 g/mol. The topological polar surface area (TPSA) is 150 Å². The third kappa shape index (κ3) is 7.56. The number of benzene rings is 1. The molecule has 2 heterocycles. The highest BCUT2D eigenvalue weighted by molar-refractivity contribution is 5.90. The molecule has 12 heteroatoms. The van der Waals surface area contributed by atoms with Gasteiger partial charge in [0, 0.05) is 42.3 Å². The lowest BCUT2D eigenvalue weighted by Crippen LogP contribution is -2.55. The summed E-state index contributed by atoms with van der Waals surface area (Å²) < 4.78 is 40.6. The minimum absolute atomic E-state index is 0.0439. The molecular weight excluding hydrogens is 507 g/mol. The molecule has 2 bridgehead atoms. The van der Waals surface area contributed by atoms with Crippen molar-refractivity contribution in [3.63, 3.8) is 0 Å². The van der Waals surface area contributed by atoms with Crippen LogP contribution in [0.15, 0.2) is 24.3 Å². The molecule has 5 atom stereocenters. The Morgan fingerprint density at radius 2 is 1.50 bits per heavy atom. The Morgan fingerprint density at radius 1 is 0.974 bits per heavy atom. The predicted molar refractivity (Wildman–Crippen MR) is 129 cm³/mol. The first-order valence-electron chi connectivity index (χ1n) is 12.5. The number of aliphatic carboxylic acids is 2. The van der Waals surface area contributed by atoms with Crippen LogP contribution in [0.2, 0.25) is 0 Å². The second-order valence-electron chi connectivity index (χ2n) is 10.1. The van der Waals surface area contributed by atoms with Gasteiger partial charge in [-0.3, -0.25) is 9.59 Å². The van der Waals surface area contributed by atoms with Crippen molar-refractivity contribution in [2.24, 2.45) is 17.6 Å². The Morgan fingerprint density at radius 3 is 2.00 bits per heavy atom. The third-order valence-corrected chi connectivity index (χ3v) is 7.22. The number of fused-ring (bicyclic) bond motifs is 2. The van der Waals surface area contributed by atoms with Crippen molar-refractivity contribution in [2.45, 2.75) is 76.0 Å². The van der Waals surface area contributed by atoms with Crippen molar-refractivity contribution in [1.82, 2.24) is 10.2 Å². The molecule has 0 aromatic heterocycles. The number of carbonyl (C=O) groups excluding carboxylic acids is 2. The van der Waals surface area contributed by atoms with Crippen molar-refractivity contribution in [3.05, 3.63) is 47.3 Å². The SMILES string of the molecule is CC(NC(=O)C1CC1)C(=O)N1C2CC[C@@H]1CC([C@H](N)Cc1cc(F)c(F)cc1F)C2.O=C(O)/C=C\C(=O)O. The van der Waals surface area contributed by atoms with Gasteiger partial charge in [-0.05, 0) is 69.4 Å². The minimum Gasteiger partial charge on any atom is -0.478 e. The van der Waals surface area contributed by atoms with Gasteiger partial charge in [-0.2, -0.15) is 0 Å². The molecule has 38 heavy (non-hydrogen) atoms. The number of nitrogens with zero attached hydrogens (tertiary/aromatic N) is 1. The van der Waals surface area contributed by atoms with Crippen LogP contribution in [-0.2, 0) is 25.6 Å². The Hall–Kier alpha value is -3.41. The van der Waals surface area contributed by atoms with Gasteiger partial charge in [-0.1, -0.05) is 0 Å². The Bertz CT molecular complexity index is 1080. The van der Waals surface area contributed by atoms with Crippen LogP contribution < -0.4 is 11.1 Å². The monoisotopic (exact) mass is 539 g/mol. The van der Waals surface area contributed by atoms with E-state index < -0.39 is 41.5 Å². The summed E-state index contributed by atoms with van der Waals surface area (Å²) in [5.74, 6) is -5.59. The smallest absolute Gasteiger partial charge is 0.328 e. The molecule has 3 aliphatic rings. The van der Waals surface area contributed by atoms with Gasteiger partial charge in [0.05, 0.1) is 0 Å². The normalized spacial score (nSPS) is 23.8. The molecule has 1 saturated carbocycles. The molecule has 2 amide bonds. The lowest BCUT2D eigenvalue weighted by Gasteiger charge is -2.42. The maximum absolute atomic E-state index is 14.0. The molecule has 1 aromatic carbocycles. The van der Waals surface area contributed by atoms with Crippen molar-refractivity contribution in [3.8, 4) is 0 Å². The molecule has 2 aliphatic heterocycles. The fraction of sp³-hybridized carbons (Fsp3) is 0.538. The van der Waals surface area contributed by atoms with Crippen LogP contribution >= 0.6 is 0 Å². The zero-order valence-corrected chi connectivity index (χ0v) is 20.9. The summed E-state index contributed by atoms with van der Waals surface area (Å²) in [6.45, 7) is 1.73. The summed E-state index contributed by atoms with van der Waals surface area (Å²) in [5.41, 5.74) is 6.41. The van der Waals surface area contributed by atoms with Gasteiger partial charge in [0.15, 0.2) is 11.6 Å². The zero-order chi connectivity index (χ0) is 28.1. The Labute approximate surface area is 217 Å². The van der Waals surface area contributed by atoms with Crippen LogP contribution in [-0.4, -0.2) is 63.0 Å². The number of carboxylic acids is 2. The van der Waals surface area contributed by atoms with Gasteiger partial charge in [0.2, 0.25) is 11.8 Å². The number of nitrogens with two attached hydrogens (primary N) is 1. The van der Waals surface area contributed by atoms with E-state index in [4.69, 9.17) is 15.9 Å². The Balaban J connectivity index is 0.000000436. The highest BCUT2D eigenvalue weighted by atomic mass is 19.2. The molecule has 0 spiro atoms. The summed E-state index contributed by atoms with van der Waals surface area (Å²) in [7, 11) is 0. The predicted octanol–water partition coefficient (Wildman–Crippen LogP) is 2.37. The summed E-state index contributed by atoms with van der Waals surface area (Å²) >= 11 is 0. The first-order valence-corrected chi connectivity index (χ1v) is 12.5. The second kappa shape index (κ2) is 12.4. The molecule has 4 rings (SSSR count). The van der Waals surface area contributed by atoms with Crippen LogP contribution in [0.1, 0.15) is 51.0 Å². The largest absolute Gasteiger partial charge is 0.478 e. The first kappa shape index (κ1) is 29.2. The van der Waals surface area contributed by atoms with E-state index in [9.17, 15) is 32.3 Å². The number of halogens is 3. The number of amides is 2. The average Bonchev–Trinajstić information content (AvgIpc) is 3.66. The second-order valence-corrected chi connectivity index (χ2v) is 10.1. The number of nitrogens with one attached hydrogen (secondary N) is 1. The highest BCUT2D eigenvalue weighted by Gasteiger charge is 2.46. The van der Waals surface area contributed by atoms with Gasteiger partial charge in [-0.25, -0.2) is 22.8 Å². The van der Waals surface area contributed by atoms with E-state index in [-0.39, 0.29) is 47.7 Å². The molecule has 3 unspecified atom stereocenters. The van der Waals surface area contributed by atoms with Crippen LogP contribution in [0.3, 0.4) is 0 Å². The van der Waals surface area contributed by atoms with Crippen LogP contribution in [0.4, 0.5) is 13.2 Å². The molecule has 0 radical (unpaired) electrons. The van der Waals surface area contributed by atoms with Gasteiger partial charge in [0.25, 0.3) is 0 Å². The summed E-state index contributed by atoms with van der Waals surface area (Å²) in [4.78, 5) is 46.0. The Kier molecular flexibility index (Phi) is 9.53. The molecule has 9 nitrogen and oxygen atoms in total. The number of rotatable bonds is 8. The lowest BCUT2D eigenvalue weighted by atomic mass is 9.82. The number of carbonyl (C=O) groups is 4. The molecule has 1 aromatic rings. The maximum Gasteiger partial charge on any atom is 0.328 e. The number of hydrogen-bond acceptors (Lipinski definition) is 5. The van der Waals surface area contributed by atoms with Gasteiger partial charge >= 0.3 is 11.9 Å². The molecule has 208 valence electrons. The minimum atomic E-state index is -1.26. The van der Waals surface area contributed by atoms with Gasteiger partial charge in [-0.15, -0.1) is 0 Å². The fourth-order valence-corrected chi connectivity index (χ4v) is 5.17. The number of carboxylic acid groups (broad SMARTS) is 2. The molecule has 3 fully saturated rings. The number of hydrogen-bond donors (Lipinski definition) is 4. The quantitative estimate of drug-likeness (QED) is 0.293. The molecule has 1 aliphatic carbocycles. The van der Waals surface area contributed by atoms with E-state index in [2.05, 4.69) is 5.32 Å². The highest BCUT2D eigenvalue weighted by Crippen LogP contribution is 2.40. The maximum atomic E-state index is 14.0.